The minimum atomic E-state index is 0.0511. The Kier molecular flexibility index (Phi) is 5.05. The SMILES string of the molecule is CCCNC(c1ccco1)c1ccc(OC)cc1Br. The molecule has 0 aliphatic rings. The molecule has 2 aromatic rings. The van der Waals surface area contributed by atoms with Crippen LogP contribution < -0.4 is 10.1 Å². The molecule has 0 aliphatic carbocycles. The van der Waals surface area contributed by atoms with Crippen LogP contribution in [0.1, 0.15) is 30.7 Å². The average Bonchev–Trinajstić information content (AvgIpc) is 2.94. The summed E-state index contributed by atoms with van der Waals surface area (Å²) in [7, 11) is 1.67. The third kappa shape index (κ3) is 3.39. The number of rotatable bonds is 6. The van der Waals surface area contributed by atoms with E-state index < -0.39 is 0 Å². The Hall–Kier alpha value is -1.26. The van der Waals surface area contributed by atoms with Crippen LogP contribution in [0.5, 0.6) is 5.75 Å². The molecule has 19 heavy (non-hydrogen) atoms. The molecule has 102 valence electrons. The Balaban J connectivity index is 2.32. The lowest BCUT2D eigenvalue weighted by molar-refractivity contribution is 0.413. The number of benzene rings is 1. The van der Waals surface area contributed by atoms with Gasteiger partial charge in [-0.1, -0.05) is 28.9 Å². The van der Waals surface area contributed by atoms with Crippen molar-refractivity contribution >= 4 is 15.9 Å². The Morgan fingerprint density at radius 1 is 1.37 bits per heavy atom. The number of hydrogen-bond acceptors (Lipinski definition) is 3. The van der Waals surface area contributed by atoms with Crippen LogP contribution in [0.2, 0.25) is 0 Å². The minimum Gasteiger partial charge on any atom is -0.497 e. The van der Waals surface area contributed by atoms with Gasteiger partial charge >= 0.3 is 0 Å². The molecule has 0 aliphatic heterocycles. The Bertz CT molecular complexity index is 511. The molecule has 4 heteroatoms. The van der Waals surface area contributed by atoms with Crippen molar-refractivity contribution in [3.8, 4) is 5.75 Å². The van der Waals surface area contributed by atoms with Crippen LogP contribution in [0.15, 0.2) is 45.5 Å². The van der Waals surface area contributed by atoms with Gasteiger partial charge in [0.1, 0.15) is 11.5 Å². The molecule has 0 saturated heterocycles. The molecule has 2 rings (SSSR count). The molecule has 1 unspecified atom stereocenters. The quantitative estimate of drug-likeness (QED) is 0.867. The molecular formula is C15H18BrNO2. The highest BCUT2D eigenvalue weighted by Crippen LogP contribution is 2.31. The summed E-state index contributed by atoms with van der Waals surface area (Å²) >= 11 is 3.60. The number of hydrogen-bond donors (Lipinski definition) is 1. The maximum absolute atomic E-state index is 5.54. The van der Waals surface area contributed by atoms with Gasteiger partial charge in [-0.15, -0.1) is 0 Å². The van der Waals surface area contributed by atoms with E-state index >= 15 is 0 Å². The monoisotopic (exact) mass is 323 g/mol. The summed E-state index contributed by atoms with van der Waals surface area (Å²) in [5.74, 6) is 1.75. The normalized spacial score (nSPS) is 12.4. The molecule has 1 heterocycles. The first-order chi connectivity index (χ1) is 9.26. The number of furan rings is 1. The van der Waals surface area contributed by atoms with Crippen LogP contribution in [0.4, 0.5) is 0 Å². The number of halogens is 1. The van der Waals surface area contributed by atoms with Gasteiger partial charge in [0.15, 0.2) is 0 Å². The zero-order valence-corrected chi connectivity index (χ0v) is 12.7. The highest BCUT2D eigenvalue weighted by atomic mass is 79.9. The van der Waals surface area contributed by atoms with Crippen molar-refractivity contribution in [3.63, 3.8) is 0 Å². The second-order valence-corrected chi connectivity index (χ2v) is 5.14. The predicted octanol–water partition coefficient (Wildman–Crippen LogP) is 4.14. The van der Waals surface area contributed by atoms with Gasteiger partial charge in [-0.3, -0.25) is 0 Å². The average molecular weight is 324 g/mol. The predicted molar refractivity (Wildman–Crippen MR) is 79.5 cm³/mol. The van der Waals surface area contributed by atoms with Gasteiger partial charge in [0, 0.05) is 4.47 Å². The number of nitrogens with one attached hydrogen (secondary N) is 1. The first kappa shape index (κ1) is 14.2. The summed E-state index contributed by atoms with van der Waals surface area (Å²) in [6.07, 6.45) is 2.78. The van der Waals surface area contributed by atoms with E-state index in [1.807, 2.05) is 24.3 Å². The molecule has 3 nitrogen and oxygen atoms in total. The topological polar surface area (TPSA) is 34.4 Å². The van der Waals surface area contributed by atoms with E-state index in [1.165, 1.54) is 0 Å². The fourth-order valence-electron chi connectivity index (χ4n) is 1.98. The minimum absolute atomic E-state index is 0.0511. The Morgan fingerprint density at radius 3 is 2.79 bits per heavy atom. The van der Waals surface area contributed by atoms with Gasteiger partial charge < -0.3 is 14.5 Å². The standard InChI is InChI=1S/C15H18BrNO2/c1-3-8-17-15(14-5-4-9-19-14)12-7-6-11(18-2)10-13(12)16/h4-7,9-10,15,17H,3,8H2,1-2H3. The van der Waals surface area contributed by atoms with E-state index in [4.69, 9.17) is 9.15 Å². The van der Waals surface area contributed by atoms with Crippen LogP contribution in [0.25, 0.3) is 0 Å². The summed E-state index contributed by atoms with van der Waals surface area (Å²) in [4.78, 5) is 0. The molecule has 1 aromatic heterocycles. The van der Waals surface area contributed by atoms with Crippen molar-refractivity contribution in [1.82, 2.24) is 5.32 Å². The Labute approximate surface area is 122 Å². The van der Waals surface area contributed by atoms with E-state index in [0.717, 1.165) is 34.5 Å². The van der Waals surface area contributed by atoms with Crippen LogP contribution in [-0.2, 0) is 0 Å². The van der Waals surface area contributed by atoms with E-state index in [9.17, 15) is 0 Å². The lowest BCUT2D eigenvalue weighted by Gasteiger charge is -2.18. The fraction of sp³-hybridized carbons (Fsp3) is 0.333. The third-order valence-corrected chi connectivity index (χ3v) is 3.63. The smallest absolute Gasteiger partial charge is 0.125 e. The largest absolute Gasteiger partial charge is 0.497 e. The van der Waals surface area contributed by atoms with Gasteiger partial charge in [0.05, 0.1) is 19.4 Å². The molecule has 0 spiro atoms. The van der Waals surface area contributed by atoms with E-state index in [2.05, 4.69) is 34.2 Å². The van der Waals surface area contributed by atoms with Crippen molar-refractivity contribution < 1.29 is 9.15 Å². The molecule has 0 fully saturated rings. The highest BCUT2D eigenvalue weighted by Gasteiger charge is 2.18. The molecule has 0 radical (unpaired) electrons. The third-order valence-electron chi connectivity index (χ3n) is 2.94. The first-order valence-electron chi connectivity index (χ1n) is 6.36. The van der Waals surface area contributed by atoms with E-state index in [0.29, 0.717) is 0 Å². The van der Waals surface area contributed by atoms with Crippen molar-refractivity contribution in [2.75, 3.05) is 13.7 Å². The van der Waals surface area contributed by atoms with Crippen molar-refractivity contribution in [2.24, 2.45) is 0 Å². The number of ether oxygens (including phenoxy) is 1. The van der Waals surface area contributed by atoms with Crippen molar-refractivity contribution in [1.29, 1.82) is 0 Å². The molecule has 1 atom stereocenters. The maximum Gasteiger partial charge on any atom is 0.125 e. The molecular weight excluding hydrogens is 306 g/mol. The summed E-state index contributed by atoms with van der Waals surface area (Å²) in [6.45, 7) is 3.08. The molecule has 0 bridgehead atoms. The Morgan fingerprint density at radius 2 is 2.21 bits per heavy atom. The second kappa shape index (κ2) is 6.78. The van der Waals surface area contributed by atoms with Gasteiger partial charge in [-0.2, -0.15) is 0 Å². The maximum atomic E-state index is 5.54. The zero-order valence-electron chi connectivity index (χ0n) is 11.2. The lowest BCUT2D eigenvalue weighted by atomic mass is 10.0. The summed E-state index contributed by atoms with van der Waals surface area (Å²) in [6, 6.07) is 9.94. The van der Waals surface area contributed by atoms with Gasteiger partial charge in [-0.05, 0) is 42.8 Å². The van der Waals surface area contributed by atoms with Gasteiger partial charge in [0.2, 0.25) is 0 Å². The van der Waals surface area contributed by atoms with Crippen molar-refractivity contribution in [3.05, 3.63) is 52.4 Å². The molecule has 1 aromatic carbocycles. The highest BCUT2D eigenvalue weighted by molar-refractivity contribution is 9.10. The molecule has 1 N–H and O–H groups in total. The number of methoxy groups -OCH3 is 1. The van der Waals surface area contributed by atoms with Crippen LogP contribution >= 0.6 is 15.9 Å². The van der Waals surface area contributed by atoms with Crippen LogP contribution in [0.3, 0.4) is 0 Å². The van der Waals surface area contributed by atoms with Crippen LogP contribution in [-0.4, -0.2) is 13.7 Å². The van der Waals surface area contributed by atoms with Gasteiger partial charge in [0.25, 0.3) is 0 Å². The van der Waals surface area contributed by atoms with Crippen molar-refractivity contribution in [2.45, 2.75) is 19.4 Å². The summed E-state index contributed by atoms with van der Waals surface area (Å²) < 4.78 is 11.8. The molecule has 0 saturated carbocycles. The lowest BCUT2D eigenvalue weighted by Crippen LogP contribution is -2.23. The zero-order chi connectivity index (χ0) is 13.7. The summed E-state index contributed by atoms with van der Waals surface area (Å²) in [5, 5.41) is 3.50. The van der Waals surface area contributed by atoms with Crippen LogP contribution in [0, 0.1) is 0 Å². The van der Waals surface area contributed by atoms with E-state index in [-0.39, 0.29) is 6.04 Å². The van der Waals surface area contributed by atoms with E-state index in [1.54, 1.807) is 13.4 Å². The summed E-state index contributed by atoms with van der Waals surface area (Å²) in [5.41, 5.74) is 1.14. The first-order valence-corrected chi connectivity index (χ1v) is 7.15. The fourth-order valence-corrected chi connectivity index (χ4v) is 2.56. The molecule has 0 amide bonds. The van der Waals surface area contributed by atoms with Gasteiger partial charge in [-0.25, -0.2) is 0 Å². The second-order valence-electron chi connectivity index (χ2n) is 4.29.